The molecule has 1 atom stereocenters. The summed E-state index contributed by atoms with van der Waals surface area (Å²) in [7, 11) is 2.08. The Bertz CT molecular complexity index is 266. The largest absolute Gasteiger partial charge is 0.339 e. The number of rotatable bonds is 3. The maximum atomic E-state index is 11.9. The number of hydrogen-bond acceptors (Lipinski definition) is 3. The molecule has 92 valence electrons. The van der Waals surface area contributed by atoms with Crippen LogP contribution in [0.2, 0.25) is 0 Å². The lowest BCUT2D eigenvalue weighted by Gasteiger charge is -2.28. The van der Waals surface area contributed by atoms with Crippen molar-refractivity contribution < 1.29 is 9.59 Å². The highest BCUT2D eigenvalue weighted by Gasteiger charge is 2.23. The Hall–Kier alpha value is -0.900. The highest BCUT2D eigenvalue weighted by molar-refractivity contribution is 5.83. The van der Waals surface area contributed by atoms with Crippen molar-refractivity contribution in [2.24, 2.45) is 0 Å². The van der Waals surface area contributed by atoms with Gasteiger partial charge in [-0.15, -0.1) is 0 Å². The second-order valence-electron chi connectivity index (χ2n) is 4.75. The minimum Gasteiger partial charge on any atom is -0.339 e. The van der Waals surface area contributed by atoms with Gasteiger partial charge in [-0.1, -0.05) is 0 Å². The van der Waals surface area contributed by atoms with E-state index in [2.05, 4.69) is 18.9 Å². The van der Waals surface area contributed by atoms with Crippen molar-refractivity contribution in [1.29, 1.82) is 0 Å². The first-order valence-corrected chi connectivity index (χ1v) is 5.98. The fraction of sp³-hybridized carbons (Fsp3) is 0.833. The van der Waals surface area contributed by atoms with Gasteiger partial charge in [-0.2, -0.15) is 0 Å². The average Bonchev–Trinajstić information content (AvgIpc) is 2.35. The summed E-state index contributed by atoms with van der Waals surface area (Å²) in [5, 5.41) is 0. The molecule has 0 aromatic heterocycles. The number of carbonyl (C=O) groups excluding carboxylic acids is 2. The number of nitrogens with zero attached hydrogens (tertiary/aromatic N) is 2. The van der Waals surface area contributed by atoms with E-state index in [1.165, 1.54) is 6.92 Å². The lowest BCUT2D eigenvalue weighted by molar-refractivity contribution is -0.134. The molecule has 0 saturated carbocycles. The molecule has 1 saturated heterocycles. The van der Waals surface area contributed by atoms with E-state index in [9.17, 15) is 9.59 Å². The highest BCUT2D eigenvalue weighted by Crippen LogP contribution is 2.11. The third-order valence-electron chi connectivity index (χ3n) is 3.06. The zero-order valence-corrected chi connectivity index (χ0v) is 10.5. The predicted molar refractivity (Wildman–Crippen MR) is 63.2 cm³/mol. The Balaban J connectivity index is 2.50. The molecule has 0 aromatic carbocycles. The fourth-order valence-electron chi connectivity index (χ4n) is 2.17. The van der Waals surface area contributed by atoms with Gasteiger partial charge in [0.15, 0.2) is 0 Å². The molecule has 4 nitrogen and oxygen atoms in total. The summed E-state index contributed by atoms with van der Waals surface area (Å²) in [5.41, 5.74) is 0. The Morgan fingerprint density at radius 2 is 1.94 bits per heavy atom. The summed E-state index contributed by atoms with van der Waals surface area (Å²) in [6.07, 6.45) is 1.76. The summed E-state index contributed by atoms with van der Waals surface area (Å²) in [4.78, 5) is 27.0. The summed E-state index contributed by atoms with van der Waals surface area (Å²) < 4.78 is 0. The third kappa shape index (κ3) is 3.93. The van der Waals surface area contributed by atoms with Crippen LogP contribution in [0.4, 0.5) is 0 Å². The van der Waals surface area contributed by atoms with Crippen molar-refractivity contribution in [2.75, 3.05) is 26.7 Å². The maximum absolute atomic E-state index is 11.9. The third-order valence-corrected chi connectivity index (χ3v) is 3.06. The molecule has 0 bridgehead atoms. The van der Waals surface area contributed by atoms with Crippen LogP contribution in [-0.4, -0.2) is 54.2 Å². The maximum Gasteiger partial charge on any atom is 0.223 e. The normalized spacial score (nSPS) is 22.9. The topological polar surface area (TPSA) is 40.6 Å². The van der Waals surface area contributed by atoms with Crippen LogP contribution >= 0.6 is 0 Å². The average molecular weight is 226 g/mol. The van der Waals surface area contributed by atoms with Gasteiger partial charge >= 0.3 is 0 Å². The molecular formula is C12H22N2O2. The van der Waals surface area contributed by atoms with Gasteiger partial charge in [-0.25, -0.2) is 0 Å². The molecule has 0 radical (unpaired) electrons. The first-order chi connectivity index (χ1) is 7.50. The van der Waals surface area contributed by atoms with E-state index in [1.54, 1.807) is 0 Å². The first-order valence-electron chi connectivity index (χ1n) is 5.98. The second-order valence-corrected chi connectivity index (χ2v) is 4.75. The van der Waals surface area contributed by atoms with Crippen LogP contribution in [0.25, 0.3) is 0 Å². The number of likely N-dealkylation sites (N-methyl/N-ethyl adjacent to an activating group) is 1. The van der Waals surface area contributed by atoms with Crippen LogP contribution in [0, 0.1) is 0 Å². The minimum absolute atomic E-state index is 0.0907. The number of Topliss-reactive ketones (excluding diaryl/α,β-unsaturated/α-hetero) is 1. The molecule has 1 aliphatic rings. The standard InChI is InChI=1S/C12H22N2O2/c1-10-9-13(3)7-4-8-14(10)12(16)6-5-11(2)15/h10H,4-9H2,1-3H3. The van der Waals surface area contributed by atoms with Gasteiger partial charge in [0.2, 0.25) is 5.91 Å². The molecule has 0 N–H and O–H groups in total. The second kappa shape index (κ2) is 5.99. The SMILES string of the molecule is CC(=O)CCC(=O)N1CCCN(C)CC1C. The Morgan fingerprint density at radius 3 is 2.56 bits per heavy atom. The van der Waals surface area contributed by atoms with Crippen LogP contribution in [0.3, 0.4) is 0 Å². The molecule has 0 spiro atoms. The van der Waals surface area contributed by atoms with E-state index < -0.39 is 0 Å². The molecule has 1 heterocycles. The molecule has 0 aliphatic carbocycles. The van der Waals surface area contributed by atoms with Gasteiger partial charge in [-0.3, -0.25) is 4.79 Å². The quantitative estimate of drug-likeness (QED) is 0.718. The zero-order chi connectivity index (χ0) is 12.1. The van der Waals surface area contributed by atoms with Gasteiger partial charge in [-0.05, 0) is 33.9 Å². The number of ketones is 1. The Kier molecular flexibility index (Phi) is 4.93. The fourth-order valence-corrected chi connectivity index (χ4v) is 2.17. The molecule has 16 heavy (non-hydrogen) atoms. The monoisotopic (exact) mass is 226 g/mol. The van der Waals surface area contributed by atoms with E-state index in [4.69, 9.17) is 0 Å². The van der Waals surface area contributed by atoms with Crippen molar-refractivity contribution in [1.82, 2.24) is 9.80 Å². The minimum atomic E-state index is 0.0907. The first kappa shape index (κ1) is 13.2. The van der Waals surface area contributed by atoms with Crippen molar-refractivity contribution in [2.45, 2.75) is 39.2 Å². The van der Waals surface area contributed by atoms with Crippen LogP contribution in [0.5, 0.6) is 0 Å². The Morgan fingerprint density at radius 1 is 1.25 bits per heavy atom. The van der Waals surface area contributed by atoms with E-state index in [0.717, 1.165) is 26.1 Å². The van der Waals surface area contributed by atoms with Gasteiger partial charge in [0.25, 0.3) is 0 Å². The van der Waals surface area contributed by atoms with Gasteiger partial charge in [0.1, 0.15) is 5.78 Å². The smallest absolute Gasteiger partial charge is 0.223 e. The van der Waals surface area contributed by atoms with Crippen LogP contribution in [0.1, 0.15) is 33.1 Å². The molecule has 1 amide bonds. The zero-order valence-electron chi connectivity index (χ0n) is 10.5. The number of carbonyl (C=O) groups is 2. The van der Waals surface area contributed by atoms with Crippen molar-refractivity contribution >= 4 is 11.7 Å². The predicted octanol–water partition coefficient (Wildman–Crippen LogP) is 0.908. The molecule has 1 rings (SSSR count). The van der Waals surface area contributed by atoms with Crippen molar-refractivity contribution in [3.63, 3.8) is 0 Å². The summed E-state index contributed by atoms with van der Waals surface area (Å²) in [5.74, 6) is 0.214. The van der Waals surface area contributed by atoms with E-state index in [1.807, 2.05) is 4.90 Å². The van der Waals surface area contributed by atoms with Crippen LogP contribution < -0.4 is 0 Å². The van der Waals surface area contributed by atoms with E-state index in [0.29, 0.717) is 12.8 Å². The van der Waals surface area contributed by atoms with Crippen molar-refractivity contribution in [3.8, 4) is 0 Å². The highest BCUT2D eigenvalue weighted by atomic mass is 16.2. The van der Waals surface area contributed by atoms with Gasteiger partial charge in [0, 0.05) is 32.0 Å². The molecule has 1 unspecified atom stereocenters. The van der Waals surface area contributed by atoms with Gasteiger partial charge in [0.05, 0.1) is 0 Å². The lowest BCUT2D eigenvalue weighted by Crippen LogP contribution is -2.42. The number of amides is 1. The van der Waals surface area contributed by atoms with E-state index in [-0.39, 0.29) is 17.7 Å². The summed E-state index contributed by atoms with van der Waals surface area (Å²) >= 11 is 0. The Labute approximate surface area is 97.6 Å². The molecule has 0 aromatic rings. The summed E-state index contributed by atoms with van der Waals surface area (Å²) in [6, 6.07) is 0.256. The number of hydrogen-bond donors (Lipinski definition) is 0. The lowest BCUT2D eigenvalue weighted by atomic mass is 10.2. The van der Waals surface area contributed by atoms with Crippen LogP contribution in [-0.2, 0) is 9.59 Å². The van der Waals surface area contributed by atoms with Gasteiger partial charge < -0.3 is 14.6 Å². The van der Waals surface area contributed by atoms with Crippen LogP contribution in [0.15, 0.2) is 0 Å². The molecule has 4 heteroatoms. The van der Waals surface area contributed by atoms with E-state index >= 15 is 0 Å². The molecule has 1 fully saturated rings. The summed E-state index contributed by atoms with van der Waals surface area (Å²) in [6.45, 7) is 6.40. The van der Waals surface area contributed by atoms with Crippen molar-refractivity contribution in [3.05, 3.63) is 0 Å². The molecular weight excluding hydrogens is 204 g/mol. The molecule has 1 aliphatic heterocycles.